The topological polar surface area (TPSA) is 29.5 Å². The Morgan fingerprint density at radius 3 is 1.59 bits per heavy atom. The fourth-order valence-electron chi connectivity index (χ4n) is 3.34. The Bertz CT molecular complexity index is 924. The lowest BCUT2D eigenvalue weighted by atomic mass is 10.2. The van der Waals surface area contributed by atoms with E-state index in [1.165, 1.54) is 0 Å². The van der Waals surface area contributed by atoms with E-state index >= 15 is 0 Å². The Kier molecular flexibility index (Phi) is 6.48. The van der Waals surface area contributed by atoms with Gasteiger partial charge in [0.1, 0.15) is 5.85 Å². The van der Waals surface area contributed by atoms with Gasteiger partial charge in [-0.3, -0.25) is 0 Å². The first kappa shape index (κ1) is 21.6. The third-order valence-corrected chi connectivity index (χ3v) is 9.11. The SMILES string of the molecule is CN(C)c1ccc([C@@H](O[Si](C)(C)C)P(=O)(c2ccccc2)c2ccccc2)cc1. The highest BCUT2D eigenvalue weighted by Crippen LogP contribution is 2.58. The van der Waals surface area contributed by atoms with E-state index < -0.39 is 21.3 Å². The standard InChI is InChI=1S/C24H30NO2PSi/c1-25(2)21-18-16-20(17-19-21)24(27-29(3,4)5)28(26,22-12-8-6-9-13-22)23-14-10-7-11-15-23/h6-19,24H,1-5H3/t24-/m0/s1. The normalized spacial score (nSPS) is 13.1. The number of benzene rings is 3. The molecule has 0 amide bonds. The molecule has 0 radical (unpaired) electrons. The predicted octanol–water partition coefficient (Wildman–Crippen LogP) is 5.62. The first-order valence-corrected chi connectivity index (χ1v) is 15.1. The Balaban J connectivity index is 2.22. The molecule has 0 aromatic heterocycles. The number of hydrogen-bond acceptors (Lipinski definition) is 3. The lowest BCUT2D eigenvalue weighted by molar-refractivity contribution is 0.275. The van der Waals surface area contributed by atoms with Crippen LogP contribution in [0, 0.1) is 0 Å². The third-order valence-electron chi connectivity index (χ3n) is 4.77. The Hall–Kier alpha value is -2.13. The monoisotopic (exact) mass is 423 g/mol. The van der Waals surface area contributed by atoms with Crippen molar-refractivity contribution in [1.82, 2.24) is 0 Å². The van der Waals surface area contributed by atoms with E-state index in [0.717, 1.165) is 21.9 Å². The summed E-state index contributed by atoms with van der Waals surface area (Å²) in [5.41, 5.74) is 2.06. The van der Waals surface area contributed by atoms with E-state index in [1.54, 1.807) is 0 Å². The van der Waals surface area contributed by atoms with Crippen LogP contribution in [0.4, 0.5) is 5.69 Å². The molecular weight excluding hydrogens is 393 g/mol. The second kappa shape index (κ2) is 8.70. The number of hydrogen-bond donors (Lipinski definition) is 0. The van der Waals surface area contributed by atoms with Crippen molar-refractivity contribution in [3.05, 3.63) is 90.5 Å². The molecule has 0 fully saturated rings. The molecule has 3 aromatic carbocycles. The number of nitrogens with zero attached hydrogens (tertiary/aromatic N) is 1. The fraction of sp³-hybridized carbons (Fsp3) is 0.250. The summed E-state index contributed by atoms with van der Waals surface area (Å²) in [4.78, 5) is 2.06. The van der Waals surface area contributed by atoms with Crippen LogP contribution in [0.1, 0.15) is 11.4 Å². The van der Waals surface area contributed by atoms with Crippen molar-refractivity contribution in [2.75, 3.05) is 19.0 Å². The van der Waals surface area contributed by atoms with Crippen LogP contribution >= 0.6 is 7.14 Å². The summed E-state index contributed by atoms with van der Waals surface area (Å²) in [6, 6.07) is 27.8. The van der Waals surface area contributed by atoms with Crippen molar-refractivity contribution < 1.29 is 8.99 Å². The average Bonchev–Trinajstić information content (AvgIpc) is 2.72. The highest BCUT2D eigenvalue weighted by atomic mass is 31.2. The van der Waals surface area contributed by atoms with Gasteiger partial charge in [0, 0.05) is 30.4 Å². The van der Waals surface area contributed by atoms with E-state index in [2.05, 4.69) is 48.8 Å². The van der Waals surface area contributed by atoms with Gasteiger partial charge >= 0.3 is 0 Å². The molecule has 0 aliphatic carbocycles. The molecular formula is C24H30NO2PSi. The maximum Gasteiger partial charge on any atom is 0.185 e. The summed E-state index contributed by atoms with van der Waals surface area (Å²) >= 11 is 0. The van der Waals surface area contributed by atoms with Crippen LogP contribution in [-0.4, -0.2) is 22.4 Å². The van der Waals surface area contributed by atoms with Crippen LogP contribution < -0.4 is 15.5 Å². The lowest BCUT2D eigenvalue weighted by Crippen LogP contribution is -2.32. The Morgan fingerprint density at radius 2 is 1.21 bits per heavy atom. The predicted molar refractivity (Wildman–Crippen MR) is 128 cm³/mol. The minimum absolute atomic E-state index is 0.518. The summed E-state index contributed by atoms with van der Waals surface area (Å²) < 4.78 is 21.6. The number of anilines is 1. The quantitative estimate of drug-likeness (QED) is 0.365. The van der Waals surface area contributed by atoms with E-state index in [9.17, 15) is 4.57 Å². The van der Waals surface area contributed by atoms with Gasteiger partial charge in [-0.15, -0.1) is 0 Å². The Morgan fingerprint density at radius 1 is 0.759 bits per heavy atom. The molecule has 0 bridgehead atoms. The molecule has 0 heterocycles. The zero-order valence-corrected chi connectivity index (χ0v) is 19.8. The van der Waals surface area contributed by atoms with Gasteiger partial charge in [0.15, 0.2) is 15.5 Å². The minimum atomic E-state index is -3.09. The maximum atomic E-state index is 14.9. The summed E-state index contributed by atoms with van der Waals surface area (Å²) in [7, 11) is -1.05. The molecule has 3 rings (SSSR count). The average molecular weight is 424 g/mol. The van der Waals surface area contributed by atoms with E-state index in [4.69, 9.17) is 4.43 Å². The van der Waals surface area contributed by atoms with Crippen molar-refractivity contribution in [2.24, 2.45) is 0 Å². The van der Waals surface area contributed by atoms with Gasteiger partial charge < -0.3 is 13.9 Å². The fourth-order valence-corrected chi connectivity index (χ4v) is 8.35. The van der Waals surface area contributed by atoms with Crippen molar-refractivity contribution in [3.63, 3.8) is 0 Å². The van der Waals surface area contributed by atoms with Crippen molar-refractivity contribution >= 4 is 31.8 Å². The van der Waals surface area contributed by atoms with Crippen LogP contribution in [0.5, 0.6) is 0 Å². The summed E-state index contributed by atoms with van der Waals surface area (Å²) in [5, 5.41) is 1.65. The first-order valence-electron chi connectivity index (χ1n) is 9.88. The largest absolute Gasteiger partial charge is 0.403 e. The minimum Gasteiger partial charge on any atom is -0.403 e. The molecule has 5 heteroatoms. The summed E-state index contributed by atoms with van der Waals surface area (Å²) in [6.07, 6.45) is 0. The molecule has 0 saturated heterocycles. The molecule has 0 spiro atoms. The second-order valence-electron chi connectivity index (χ2n) is 8.40. The van der Waals surface area contributed by atoms with E-state index in [-0.39, 0.29) is 0 Å². The van der Waals surface area contributed by atoms with Gasteiger partial charge in [0.2, 0.25) is 0 Å². The molecule has 0 aliphatic heterocycles. The van der Waals surface area contributed by atoms with E-state index in [0.29, 0.717) is 0 Å². The van der Waals surface area contributed by atoms with Gasteiger partial charge in [-0.1, -0.05) is 72.8 Å². The summed E-state index contributed by atoms with van der Waals surface area (Å²) in [5.74, 6) is -0.518. The Labute approximate surface area is 175 Å². The maximum absolute atomic E-state index is 14.9. The van der Waals surface area contributed by atoms with Crippen LogP contribution in [-0.2, 0) is 8.99 Å². The van der Waals surface area contributed by atoms with Crippen LogP contribution in [0.2, 0.25) is 19.6 Å². The van der Waals surface area contributed by atoms with Crippen molar-refractivity contribution in [2.45, 2.75) is 25.5 Å². The van der Waals surface area contributed by atoms with Crippen LogP contribution in [0.15, 0.2) is 84.9 Å². The molecule has 0 saturated carbocycles. The third kappa shape index (κ3) is 4.89. The molecule has 29 heavy (non-hydrogen) atoms. The second-order valence-corrected chi connectivity index (χ2v) is 15.7. The molecule has 152 valence electrons. The molecule has 0 N–H and O–H groups in total. The van der Waals surface area contributed by atoms with Gasteiger partial charge in [-0.2, -0.15) is 0 Å². The lowest BCUT2D eigenvalue weighted by Gasteiger charge is -2.34. The smallest absolute Gasteiger partial charge is 0.185 e. The van der Waals surface area contributed by atoms with Crippen LogP contribution in [0.25, 0.3) is 0 Å². The van der Waals surface area contributed by atoms with Gasteiger partial charge in [0.25, 0.3) is 0 Å². The van der Waals surface area contributed by atoms with Crippen molar-refractivity contribution in [3.8, 4) is 0 Å². The van der Waals surface area contributed by atoms with Gasteiger partial charge in [-0.25, -0.2) is 0 Å². The number of rotatable bonds is 7. The molecule has 3 aromatic rings. The highest BCUT2D eigenvalue weighted by Gasteiger charge is 2.41. The molecule has 3 nitrogen and oxygen atoms in total. The summed E-state index contributed by atoms with van der Waals surface area (Å²) in [6.45, 7) is 6.44. The highest BCUT2D eigenvalue weighted by molar-refractivity contribution is 7.78. The van der Waals surface area contributed by atoms with Crippen LogP contribution in [0.3, 0.4) is 0 Å². The zero-order chi connectivity index (χ0) is 21.1. The molecule has 0 unspecified atom stereocenters. The van der Waals surface area contributed by atoms with Gasteiger partial charge in [0.05, 0.1) is 0 Å². The van der Waals surface area contributed by atoms with Crippen molar-refractivity contribution in [1.29, 1.82) is 0 Å². The molecule has 0 aliphatic rings. The van der Waals surface area contributed by atoms with E-state index in [1.807, 2.05) is 74.8 Å². The first-order chi connectivity index (χ1) is 13.7. The van der Waals surface area contributed by atoms with Gasteiger partial charge in [-0.05, 0) is 37.3 Å². The molecule has 1 atom stereocenters. The zero-order valence-electron chi connectivity index (χ0n) is 17.9.